The van der Waals surface area contributed by atoms with Gasteiger partial charge in [-0.1, -0.05) is 48.0 Å². The normalized spacial score (nSPS) is 14.7. The zero-order valence-electron chi connectivity index (χ0n) is 12.8. The second kappa shape index (κ2) is 5.89. The van der Waals surface area contributed by atoms with Gasteiger partial charge in [-0.3, -0.25) is 14.5 Å². The quantitative estimate of drug-likeness (QED) is 0.879. The molecule has 1 heterocycles. The fourth-order valence-electron chi connectivity index (χ4n) is 2.51. The summed E-state index contributed by atoms with van der Waals surface area (Å²) in [7, 11) is 1.48. The van der Waals surface area contributed by atoms with E-state index in [0.29, 0.717) is 21.8 Å². The van der Waals surface area contributed by atoms with Gasteiger partial charge in [0.25, 0.3) is 11.8 Å². The summed E-state index contributed by atoms with van der Waals surface area (Å²) in [5.41, 5.74) is 2.88. The lowest BCUT2D eigenvalue weighted by molar-refractivity contribution is -0.135. The Morgan fingerprint density at radius 2 is 1.65 bits per heavy atom. The first-order valence-corrected chi connectivity index (χ1v) is 7.52. The van der Waals surface area contributed by atoms with E-state index in [1.807, 2.05) is 43.3 Å². The molecular formula is C18H15ClN2O2. The minimum atomic E-state index is -0.353. The molecule has 2 aromatic rings. The van der Waals surface area contributed by atoms with E-state index in [9.17, 15) is 9.59 Å². The first-order chi connectivity index (χ1) is 11.0. The number of likely N-dealkylation sites (N-methyl/N-ethyl adjacent to an activating group) is 1. The van der Waals surface area contributed by atoms with Gasteiger partial charge >= 0.3 is 0 Å². The molecule has 0 aliphatic carbocycles. The number of carbonyl (C=O) groups excluding carboxylic acids is 2. The molecule has 0 unspecified atom stereocenters. The third kappa shape index (κ3) is 2.62. The number of halogens is 1. The van der Waals surface area contributed by atoms with E-state index < -0.39 is 0 Å². The van der Waals surface area contributed by atoms with E-state index in [1.54, 1.807) is 12.1 Å². The topological polar surface area (TPSA) is 49.4 Å². The fraction of sp³-hybridized carbons (Fsp3) is 0.111. The number of nitrogens with one attached hydrogen (secondary N) is 1. The Bertz CT molecular complexity index is 828. The van der Waals surface area contributed by atoms with Gasteiger partial charge in [0.05, 0.1) is 5.57 Å². The van der Waals surface area contributed by atoms with Gasteiger partial charge in [0.15, 0.2) is 0 Å². The summed E-state index contributed by atoms with van der Waals surface area (Å²) >= 11 is 6.13. The molecular weight excluding hydrogens is 312 g/mol. The van der Waals surface area contributed by atoms with Crippen LogP contribution in [0.25, 0.3) is 5.57 Å². The van der Waals surface area contributed by atoms with Crippen molar-refractivity contribution in [3.05, 3.63) is 70.4 Å². The lowest BCUT2D eigenvalue weighted by atomic mass is 10.0. The summed E-state index contributed by atoms with van der Waals surface area (Å²) in [6.45, 7) is 1.86. The van der Waals surface area contributed by atoms with Gasteiger partial charge in [0.1, 0.15) is 5.70 Å². The fourth-order valence-corrected chi connectivity index (χ4v) is 2.68. The highest BCUT2D eigenvalue weighted by molar-refractivity contribution is 6.36. The van der Waals surface area contributed by atoms with E-state index >= 15 is 0 Å². The predicted octanol–water partition coefficient (Wildman–Crippen LogP) is 3.47. The standard InChI is InChI=1S/C18H15ClN2O2/c1-11-13(19)9-6-10-14(11)20-16-15(12-7-4-3-5-8-12)17(22)21(2)18(16)23/h3-10,20H,1-2H3. The summed E-state index contributed by atoms with van der Waals surface area (Å²) in [6, 6.07) is 14.6. The van der Waals surface area contributed by atoms with Crippen molar-refractivity contribution in [2.24, 2.45) is 0 Å². The minimum Gasteiger partial charge on any atom is -0.350 e. The number of benzene rings is 2. The zero-order valence-corrected chi connectivity index (χ0v) is 13.5. The van der Waals surface area contributed by atoms with Gasteiger partial charge in [-0.25, -0.2) is 0 Å². The van der Waals surface area contributed by atoms with E-state index in [0.717, 1.165) is 10.5 Å². The third-order valence-electron chi connectivity index (χ3n) is 3.88. The lowest BCUT2D eigenvalue weighted by Gasteiger charge is -2.12. The van der Waals surface area contributed by atoms with Crippen LogP contribution in [-0.2, 0) is 9.59 Å². The summed E-state index contributed by atoms with van der Waals surface area (Å²) < 4.78 is 0. The van der Waals surface area contributed by atoms with Crippen molar-refractivity contribution in [2.45, 2.75) is 6.92 Å². The van der Waals surface area contributed by atoms with E-state index in [2.05, 4.69) is 5.32 Å². The zero-order chi connectivity index (χ0) is 16.6. The Balaban J connectivity index is 2.12. The van der Waals surface area contributed by atoms with E-state index in [4.69, 9.17) is 11.6 Å². The van der Waals surface area contributed by atoms with Gasteiger partial charge < -0.3 is 5.32 Å². The minimum absolute atomic E-state index is 0.272. The predicted molar refractivity (Wildman–Crippen MR) is 91.0 cm³/mol. The van der Waals surface area contributed by atoms with Crippen LogP contribution < -0.4 is 5.32 Å². The van der Waals surface area contributed by atoms with Crippen molar-refractivity contribution in [3.8, 4) is 0 Å². The number of anilines is 1. The summed E-state index contributed by atoms with van der Waals surface area (Å²) in [5.74, 6) is -0.670. The van der Waals surface area contributed by atoms with Crippen LogP contribution in [0.3, 0.4) is 0 Å². The highest BCUT2D eigenvalue weighted by Gasteiger charge is 2.36. The molecule has 0 saturated carbocycles. The number of rotatable bonds is 3. The summed E-state index contributed by atoms with van der Waals surface area (Å²) in [5, 5.41) is 3.69. The van der Waals surface area contributed by atoms with Gasteiger partial charge in [0.2, 0.25) is 0 Å². The second-order valence-electron chi connectivity index (χ2n) is 5.32. The van der Waals surface area contributed by atoms with Crippen molar-refractivity contribution < 1.29 is 9.59 Å². The van der Waals surface area contributed by atoms with Crippen molar-refractivity contribution in [1.82, 2.24) is 4.90 Å². The molecule has 2 aromatic carbocycles. The number of hydrogen-bond donors (Lipinski definition) is 1. The van der Waals surface area contributed by atoms with Crippen LogP contribution in [0.2, 0.25) is 5.02 Å². The molecule has 1 aliphatic rings. The van der Waals surface area contributed by atoms with Crippen LogP contribution in [0, 0.1) is 6.92 Å². The number of amides is 2. The van der Waals surface area contributed by atoms with Crippen molar-refractivity contribution >= 4 is 34.7 Å². The Labute approximate surface area is 139 Å². The van der Waals surface area contributed by atoms with Gasteiger partial charge in [-0.2, -0.15) is 0 Å². The van der Waals surface area contributed by atoms with Gasteiger partial charge in [0, 0.05) is 17.8 Å². The monoisotopic (exact) mass is 326 g/mol. The number of hydrogen-bond acceptors (Lipinski definition) is 3. The average molecular weight is 327 g/mol. The second-order valence-corrected chi connectivity index (χ2v) is 5.73. The van der Waals surface area contributed by atoms with Crippen molar-refractivity contribution in [3.63, 3.8) is 0 Å². The molecule has 4 nitrogen and oxygen atoms in total. The number of nitrogens with zero attached hydrogens (tertiary/aromatic N) is 1. The van der Waals surface area contributed by atoms with Gasteiger partial charge in [-0.05, 0) is 30.2 Å². The first kappa shape index (κ1) is 15.3. The molecule has 0 atom stereocenters. The maximum absolute atomic E-state index is 12.5. The molecule has 0 saturated heterocycles. The number of carbonyl (C=O) groups is 2. The Morgan fingerprint density at radius 3 is 2.35 bits per heavy atom. The molecule has 23 heavy (non-hydrogen) atoms. The van der Waals surface area contributed by atoms with Crippen molar-refractivity contribution in [2.75, 3.05) is 12.4 Å². The highest BCUT2D eigenvalue weighted by Crippen LogP contribution is 2.31. The average Bonchev–Trinajstić information content (AvgIpc) is 2.77. The molecule has 0 fully saturated rings. The molecule has 0 aromatic heterocycles. The molecule has 3 rings (SSSR count). The maximum atomic E-state index is 12.5. The van der Waals surface area contributed by atoms with Crippen molar-refractivity contribution in [1.29, 1.82) is 0 Å². The maximum Gasteiger partial charge on any atom is 0.277 e. The van der Waals surface area contributed by atoms with Crippen LogP contribution in [0.15, 0.2) is 54.2 Å². The Hall–Kier alpha value is -2.59. The van der Waals surface area contributed by atoms with Crippen LogP contribution in [0.4, 0.5) is 5.69 Å². The van der Waals surface area contributed by atoms with Crippen LogP contribution in [0.5, 0.6) is 0 Å². The molecule has 0 spiro atoms. The molecule has 0 bridgehead atoms. The van der Waals surface area contributed by atoms with E-state index in [-0.39, 0.29) is 17.5 Å². The molecule has 1 aliphatic heterocycles. The summed E-state index contributed by atoms with van der Waals surface area (Å²) in [4.78, 5) is 26.0. The SMILES string of the molecule is Cc1c(Cl)cccc1NC1=C(c2ccccc2)C(=O)N(C)C1=O. The van der Waals surface area contributed by atoms with Gasteiger partial charge in [-0.15, -0.1) is 0 Å². The van der Waals surface area contributed by atoms with E-state index in [1.165, 1.54) is 7.05 Å². The molecule has 0 radical (unpaired) electrons. The summed E-state index contributed by atoms with van der Waals surface area (Å²) in [6.07, 6.45) is 0. The number of imide groups is 1. The molecule has 5 heteroatoms. The van der Waals surface area contributed by atoms with Crippen LogP contribution in [-0.4, -0.2) is 23.8 Å². The first-order valence-electron chi connectivity index (χ1n) is 7.15. The Kier molecular flexibility index (Phi) is 3.92. The third-order valence-corrected chi connectivity index (χ3v) is 4.29. The molecule has 116 valence electrons. The molecule has 2 amide bonds. The van der Waals surface area contributed by atoms with Crippen LogP contribution >= 0.6 is 11.6 Å². The highest BCUT2D eigenvalue weighted by atomic mass is 35.5. The Morgan fingerprint density at radius 1 is 0.957 bits per heavy atom. The smallest absolute Gasteiger partial charge is 0.277 e. The largest absolute Gasteiger partial charge is 0.350 e. The van der Waals surface area contributed by atoms with Crippen LogP contribution in [0.1, 0.15) is 11.1 Å². The lowest BCUT2D eigenvalue weighted by Crippen LogP contribution is -2.28. The molecule has 1 N–H and O–H groups in total.